The highest BCUT2D eigenvalue weighted by Crippen LogP contribution is 2.29. The summed E-state index contributed by atoms with van der Waals surface area (Å²) < 4.78 is 1.86. The monoisotopic (exact) mass is 248 g/mol. The van der Waals surface area contributed by atoms with Gasteiger partial charge >= 0.3 is 0 Å². The Bertz CT molecular complexity index is 649. The SMILES string of the molecule is Cc1cn2c(C=O)c(-c3cccs3)nc2s1. The second-order valence-corrected chi connectivity index (χ2v) is 5.60. The summed E-state index contributed by atoms with van der Waals surface area (Å²) in [4.78, 5) is 18.7. The van der Waals surface area contributed by atoms with Crippen LogP contribution in [0.5, 0.6) is 0 Å². The molecule has 3 aromatic rings. The fourth-order valence-corrected chi connectivity index (χ4v) is 3.24. The number of aryl methyl sites for hydroxylation is 1. The van der Waals surface area contributed by atoms with Gasteiger partial charge in [-0.15, -0.1) is 22.7 Å². The van der Waals surface area contributed by atoms with Gasteiger partial charge in [-0.3, -0.25) is 9.20 Å². The van der Waals surface area contributed by atoms with Crippen LogP contribution in [0.15, 0.2) is 23.7 Å². The van der Waals surface area contributed by atoms with Crippen LogP contribution in [0.3, 0.4) is 0 Å². The first-order valence-corrected chi connectivity index (χ1v) is 6.47. The zero-order chi connectivity index (χ0) is 11.1. The van der Waals surface area contributed by atoms with Gasteiger partial charge in [-0.1, -0.05) is 6.07 Å². The molecule has 0 aliphatic carbocycles. The zero-order valence-corrected chi connectivity index (χ0v) is 10.1. The Hall–Kier alpha value is -1.46. The Morgan fingerprint density at radius 2 is 2.38 bits per heavy atom. The van der Waals surface area contributed by atoms with Crippen LogP contribution in [0, 0.1) is 6.92 Å². The van der Waals surface area contributed by atoms with Crippen molar-refractivity contribution in [3.05, 3.63) is 34.3 Å². The van der Waals surface area contributed by atoms with Gasteiger partial charge in [0.25, 0.3) is 0 Å². The molecule has 3 nitrogen and oxygen atoms in total. The first-order valence-electron chi connectivity index (χ1n) is 4.77. The van der Waals surface area contributed by atoms with Gasteiger partial charge in [0.2, 0.25) is 0 Å². The molecule has 0 bridgehead atoms. The first-order chi connectivity index (χ1) is 7.79. The van der Waals surface area contributed by atoms with E-state index in [1.807, 2.05) is 35.0 Å². The molecule has 5 heteroatoms. The van der Waals surface area contributed by atoms with Crippen molar-refractivity contribution < 1.29 is 4.79 Å². The predicted octanol–water partition coefficient (Wildman–Crippen LogP) is 3.25. The number of aldehydes is 1. The highest BCUT2D eigenvalue weighted by molar-refractivity contribution is 7.17. The second-order valence-electron chi connectivity index (χ2n) is 3.44. The Morgan fingerprint density at radius 1 is 1.50 bits per heavy atom. The van der Waals surface area contributed by atoms with Gasteiger partial charge in [0.1, 0.15) is 11.4 Å². The van der Waals surface area contributed by atoms with Crippen molar-refractivity contribution >= 4 is 33.9 Å². The second kappa shape index (κ2) is 3.54. The average molecular weight is 248 g/mol. The van der Waals surface area contributed by atoms with E-state index in [-0.39, 0.29) is 0 Å². The topological polar surface area (TPSA) is 34.4 Å². The summed E-state index contributed by atoms with van der Waals surface area (Å²) >= 11 is 3.20. The van der Waals surface area contributed by atoms with Crippen LogP contribution < -0.4 is 0 Å². The summed E-state index contributed by atoms with van der Waals surface area (Å²) in [5.74, 6) is 0. The smallest absolute Gasteiger partial charge is 0.195 e. The minimum absolute atomic E-state index is 0.641. The number of hydrogen-bond donors (Lipinski definition) is 0. The van der Waals surface area contributed by atoms with Crippen LogP contribution in [-0.2, 0) is 0 Å². The average Bonchev–Trinajstić information content (AvgIpc) is 2.90. The van der Waals surface area contributed by atoms with Gasteiger partial charge < -0.3 is 0 Å². The van der Waals surface area contributed by atoms with E-state index in [1.165, 1.54) is 0 Å². The number of carbonyl (C=O) groups excluding carboxylic acids is 1. The molecule has 80 valence electrons. The summed E-state index contributed by atoms with van der Waals surface area (Å²) in [5, 5.41) is 1.99. The molecule has 16 heavy (non-hydrogen) atoms. The lowest BCUT2D eigenvalue weighted by Crippen LogP contribution is -1.88. The van der Waals surface area contributed by atoms with E-state index in [0.29, 0.717) is 5.69 Å². The number of hydrogen-bond acceptors (Lipinski definition) is 4. The van der Waals surface area contributed by atoms with E-state index in [9.17, 15) is 4.79 Å². The van der Waals surface area contributed by atoms with Crippen molar-refractivity contribution in [1.29, 1.82) is 0 Å². The van der Waals surface area contributed by atoms with Crippen LogP contribution in [0.25, 0.3) is 15.5 Å². The van der Waals surface area contributed by atoms with E-state index < -0.39 is 0 Å². The van der Waals surface area contributed by atoms with E-state index in [0.717, 1.165) is 26.7 Å². The van der Waals surface area contributed by atoms with E-state index >= 15 is 0 Å². The Labute approximate surface area is 100.0 Å². The number of fused-ring (bicyclic) bond motifs is 1. The maximum absolute atomic E-state index is 11.2. The zero-order valence-electron chi connectivity index (χ0n) is 8.51. The van der Waals surface area contributed by atoms with Gasteiger partial charge in [0.05, 0.1) is 4.88 Å². The summed E-state index contributed by atoms with van der Waals surface area (Å²) in [5.41, 5.74) is 1.43. The highest BCUT2D eigenvalue weighted by Gasteiger charge is 2.15. The molecule has 0 fully saturated rings. The van der Waals surface area contributed by atoms with Crippen molar-refractivity contribution in [3.8, 4) is 10.6 Å². The van der Waals surface area contributed by atoms with Crippen molar-refractivity contribution in [2.45, 2.75) is 6.92 Å². The fraction of sp³-hybridized carbons (Fsp3) is 0.0909. The third-order valence-electron chi connectivity index (χ3n) is 2.35. The fourth-order valence-electron chi connectivity index (χ4n) is 1.68. The molecule has 0 aliphatic rings. The standard InChI is InChI=1S/C11H8N2OS2/c1-7-5-13-8(6-14)10(12-11(13)16-7)9-3-2-4-15-9/h2-6H,1H3. The molecule has 0 spiro atoms. The lowest BCUT2D eigenvalue weighted by Gasteiger charge is -1.92. The van der Waals surface area contributed by atoms with Gasteiger partial charge in [-0.05, 0) is 18.4 Å². The number of thiazole rings is 1. The maximum Gasteiger partial charge on any atom is 0.195 e. The summed E-state index contributed by atoms with van der Waals surface area (Å²) in [6.07, 6.45) is 2.83. The van der Waals surface area contributed by atoms with E-state index in [4.69, 9.17) is 0 Å². The number of imidazole rings is 1. The predicted molar refractivity (Wildman–Crippen MR) is 66.5 cm³/mol. The molecule has 3 heterocycles. The van der Waals surface area contributed by atoms with E-state index in [1.54, 1.807) is 22.7 Å². The largest absolute Gasteiger partial charge is 0.296 e. The molecule has 0 unspecified atom stereocenters. The van der Waals surface area contributed by atoms with Gasteiger partial charge in [-0.2, -0.15) is 0 Å². The number of thiophene rings is 1. The molecule has 0 radical (unpaired) electrons. The molecule has 0 aromatic carbocycles. The third-order valence-corrected chi connectivity index (χ3v) is 4.12. The molecule has 0 saturated carbocycles. The highest BCUT2D eigenvalue weighted by atomic mass is 32.1. The third kappa shape index (κ3) is 1.32. The maximum atomic E-state index is 11.2. The summed E-state index contributed by atoms with van der Waals surface area (Å²) in [6, 6.07) is 3.95. The lowest BCUT2D eigenvalue weighted by molar-refractivity contribution is 0.111. The normalized spacial score (nSPS) is 11.1. The summed E-state index contributed by atoms with van der Waals surface area (Å²) in [6.45, 7) is 2.01. The number of rotatable bonds is 2. The Kier molecular flexibility index (Phi) is 2.15. The number of carbonyl (C=O) groups is 1. The molecule has 3 rings (SSSR count). The molecule has 0 atom stereocenters. The van der Waals surface area contributed by atoms with Crippen LogP contribution in [0.4, 0.5) is 0 Å². The van der Waals surface area contributed by atoms with Crippen LogP contribution in [-0.4, -0.2) is 15.7 Å². The van der Waals surface area contributed by atoms with Crippen molar-refractivity contribution in [1.82, 2.24) is 9.38 Å². The molecule has 0 N–H and O–H groups in total. The van der Waals surface area contributed by atoms with Crippen molar-refractivity contribution in [3.63, 3.8) is 0 Å². The minimum Gasteiger partial charge on any atom is -0.296 e. The quantitative estimate of drug-likeness (QED) is 0.652. The van der Waals surface area contributed by atoms with Crippen LogP contribution in [0.2, 0.25) is 0 Å². The van der Waals surface area contributed by atoms with Crippen LogP contribution >= 0.6 is 22.7 Å². The molecular formula is C11H8N2OS2. The van der Waals surface area contributed by atoms with Crippen molar-refractivity contribution in [2.24, 2.45) is 0 Å². The Balaban J connectivity index is 2.33. The van der Waals surface area contributed by atoms with Gasteiger partial charge in [0, 0.05) is 11.1 Å². The molecule has 0 amide bonds. The van der Waals surface area contributed by atoms with Crippen LogP contribution in [0.1, 0.15) is 15.4 Å². The molecule has 0 aliphatic heterocycles. The van der Waals surface area contributed by atoms with Gasteiger partial charge in [0.15, 0.2) is 11.2 Å². The first kappa shape index (κ1) is 9.74. The van der Waals surface area contributed by atoms with Crippen molar-refractivity contribution in [2.75, 3.05) is 0 Å². The summed E-state index contributed by atoms with van der Waals surface area (Å²) in [7, 11) is 0. The molecule has 0 saturated heterocycles. The number of aromatic nitrogens is 2. The Morgan fingerprint density at radius 3 is 3.06 bits per heavy atom. The molecular weight excluding hydrogens is 240 g/mol. The van der Waals surface area contributed by atoms with Gasteiger partial charge in [-0.25, -0.2) is 4.98 Å². The molecule has 3 aromatic heterocycles. The number of nitrogens with zero attached hydrogens (tertiary/aromatic N) is 2. The minimum atomic E-state index is 0.641. The van der Waals surface area contributed by atoms with E-state index in [2.05, 4.69) is 4.98 Å². The lowest BCUT2D eigenvalue weighted by atomic mass is 10.3.